The van der Waals surface area contributed by atoms with Gasteiger partial charge in [0.15, 0.2) is 0 Å². The minimum atomic E-state index is 0.0538. The van der Waals surface area contributed by atoms with Crippen molar-refractivity contribution < 1.29 is 9.59 Å². The highest BCUT2D eigenvalue weighted by molar-refractivity contribution is 5.94. The highest BCUT2D eigenvalue weighted by Crippen LogP contribution is 2.02. The van der Waals surface area contributed by atoms with Gasteiger partial charge in [-0.3, -0.25) is 19.6 Å². The predicted octanol–water partition coefficient (Wildman–Crippen LogP) is 3.13. The van der Waals surface area contributed by atoms with Crippen molar-refractivity contribution in [2.45, 2.75) is 27.7 Å². The fourth-order valence-corrected chi connectivity index (χ4v) is 2.37. The van der Waals surface area contributed by atoms with Gasteiger partial charge in [0.2, 0.25) is 0 Å². The molecule has 0 fully saturated rings. The molecule has 0 saturated heterocycles. The van der Waals surface area contributed by atoms with E-state index in [-0.39, 0.29) is 11.8 Å². The fourth-order valence-electron chi connectivity index (χ4n) is 2.37. The Morgan fingerprint density at radius 2 is 1.08 bits per heavy atom. The van der Waals surface area contributed by atoms with Crippen molar-refractivity contribution in [2.75, 3.05) is 26.2 Å². The van der Waals surface area contributed by atoms with Crippen molar-refractivity contribution in [3.63, 3.8) is 0 Å². The summed E-state index contributed by atoms with van der Waals surface area (Å²) in [6.07, 6.45) is 6.53. The summed E-state index contributed by atoms with van der Waals surface area (Å²) in [5.41, 5.74) is 1.32. The summed E-state index contributed by atoms with van der Waals surface area (Å²) < 4.78 is 0. The number of hydrogen-bond donors (Lipinski definition) is 0. The van der Waals surface area contributed by atoms with Gasteiger partial charge in [-0.25, -0.2) is 0 Å². The van der Waals surface area contributed by atoms with Gasteiger partial charge < -0.3 is 9.80 Å². The van der Waals surface area contributed by atoms with E-state index in [0.29, 0.717) is 11.1 Å². The SMILES string of the molecule is CCN(CC)C(=O)c1cccnc1.CCN(CC)C(=O)c1cccnc1. The van der Waals surface area contributed by atoms with Crippen LogP contribution in [0.15, 0.2) is 49.1 Å². The van der Waals surface area contributed by atoms with Gasteiger partial charge in [0.25, 0.3) is 11.8 Å². The van der Waals surface area contributed by atoms with Crippen molar-refractivity contribution in [3.8, 4) is 0 Å². The van der Waals surface area contributed by atoms with Crippen LogP contribution in [0.2, 0.25) is 0 Å². The Balaban J connectivity index is 0.000000260. The summed E-state index contributed by atoms with van der Waals surface area (Å²) >= 11 is 0. The van der Waals surface area contributed by atoms with Gasteiger partial charge in [-0.05, 0) is 52.0 Å². The van der Waals surface area contributed by atoms with Crippen LogP contribution in [-0.2, 0) is 0 Å². The molecule has 6 heteroatoms. The average molecular weight is 356 g/mol. The molecule has 0 aromatic carbocycles. The molecule has 0 radical (unpaired) electrons. The third kappa shape index (κ3) is 6.27. The topological polar surface area (TPSA) is 66.4 Å². The number of amides is 2. The van der Waals surface area contributed by atoms with Crippen LogP contribution in [0, 0.1) is 0 Å². The molecule has 0 bridgehead atoms. The Morgan fingerprint density at radius 1 is 0.731 bits per heavy atom. The lowest BCUT2D eigenvalue weighted by Gasteiger charge is -2.17. The molecule has 0 aliphatic heterocycles. The molecule has 140 valence electrons. The lowest BCUT2D eigenvalue weighted by molar-refractivity contribution is 0.0764. The van der Waals surface area contributed by atoms with E-state index in [1.165, 1.54) is 0 Å². The van der Waals surface area contributed by atoms with Crippen LogP contribution in [0.1, 0.15) is 48.4 Å². The van der Waals surface area contributed by atoms with Crippen LogP contribution in [0.3, 0.4) is 0 Å². The van der Waals surface area contributed by atoms with Crippen LogP contribution in [-0.4, -0.2) is 57.8 Å². The Kier molecular flexibility index (Phi) is 9.61. The third-order valence-corrected chi connectivity index (χ3v) is 3.92. The number of carbonyl (C=O) groups excluding carboxylic acids is 2. The maximum atomic E-state index is 11.7. The van der Waals surface area contributed by atoms with Gasteiger partial charge >= 0.3 is 0 Å². The highest BCUT2D eigenvalue weighted by atomic mass is 16.2. The van der Waals surface area contributed by atoms with E-state index in [2.05, 4.69) is 9.97 Å². The second-order valence-corrected chi connectivity index (χ2v) is 5.44. The molecule has 2 aromatic heterocycles. The van der Waals surface area contributed by atoms with Crippen molar-refractivity contribution in [2.24, 2.45) is 0 Å². The highest BCUT2D eigenvalue weighted by Gasteiger charge is 2.12. The molecule has 0 aliphatic carbocycles. The number of nitrogens with zero attached hydrogens (tertiary/aromatic N) is 4. The quantitative estimate of drug-likeness (QED) is 0.797. The van der Waals surface area contributed by atoms with Crippen LogP contribution in [0.4, 0.5) is 0 Å². The normalized spacial score (nSPS) is 9.69. The van der Waals surface area contributed by atoms with Gasteiger partial charge in [-0.1, -0.05) is 0 Å². The minimum Gasteiger partial charge on any atom is -0.339 e. The Bertz CT molecular complexity index is 595. The lowest BCUT2D eigenvalue weighted by atomic mass is 10.2. The summed E-state index contributed by atoms with van der Waals surface area (Å²) in [7, 11) is 0. The van der Waals surface area contributed by atoms with Crippen molar-refractivity contribution in [1.82, 2.24) is 19.8 Å². The van der Waals surface area contributed by atoms with E-state index >= 15 is 0 Å². The van der Waals surface area contributed by atoms with Crippen molar-refractivity contribution >= 4 is 11.8 Å². The number of rotatable bonds is 6. The van der Waals surface area contributed by atoms with E-state index in [0.717, 1.165) is 26.2 Å². The van der Waals surface area contributed by atoms with Gasteiger partial charge in [0.05, 0.1) is 11.1 Å². The fraction of sp³-hybridized carbons (Fsp3) is 0.400. The maximum absolute atomic E-state index is 11.7. The second-order valence-electron chi connectivity index (χ2n) is 5.44. The molecule has 6 nitrogen and oxygen atoms in total. The Morgan fingerprint density at radius 3 is 1.31 bits per heavy atom. The molecular weight excluding hydrogens is 328 g/mol. The Hall–Kier alpha value is -2.76. The van der Waals surface area contributed by atoms with Crippen LogP contribution in [0.5, 0.6) is 0 Å². The standard InChI is InChI=1S/2C10H14N2O/c2*1-3-12(4-2)10(13)9-6-5-7-11-8-9/h2*5-8H,3-4H2,1-2H3. The zero-order valence-corrected chi connectivity index (χ0v) is 16.1. The number of carbonyl (C=O) groups is 2. The van der Waals surface area contributed by atoms with Gasteiger partial charge in [-0.15, -0.1) is 0 Å². The zero-order chi connectivity index (χ0) is 19.4. The number of aromatic nitrogens is 2. The molecule has 2 amide bonds. The number of pyridine rings is 2. The molecule has 2 aromatic rings. The number of hydrogen-bond acceptors (Lipinski definition) is 4. The second kappa shape index (κ2) is 11.7. The molecule has 0 saturated carbocycles. The molecule has 0 aliphatic rings. The molecule has 2 rings (SSSR count). The lowest BCUT2D eigenvalue weighted by Crippen LogP contribution is -2.30. The van der Waals surface area contributed by atoms with Gasteiger partial charge in [-0.2, -0.15) is 0 Å². The van der Waals surface area contributed by atoms with Crippen molar-refractivity contribution in [1.29, 1.82) is 0 Å². The van der Waals surface area contributed by atoms with E-state index in [9.17, 15) is 9.59 Å². The smallest absolute Gasteiger partial charge is 0.255 e. The van der Waals surface area contributed by atoms with E-state index in [1.807, 2.05) is 27.7 Å². The first-order valence-corrected chi connectivity index (χ1v) is 8.97. The van der Waals surface area contributed by atoms with E-state index < -0.39 is 0 Å². The largest absolute Gasteiger partial charge is 0.339 e. The van der Waals surface area contributed by atoms with Crippen molar-refractivity contribution in [3.05, 3.63) is 60.2 Å². The molecule has 2 heterocycles. The average Bonchev–Trinajstić information content (AvgIpc) is 2.71. The molecular formula is C20H28N4O2. The minimum absolute atomic E-state index is 0.0538. The maximum Gasteiger partial charge on any atom is 0.255 e. The summed E-state index contributed by atoms with van der Waals surface area (Å²) in [4.78, 5) is 34.8. The predicted molar refractivity (Wildman–Crippen MR) is 103 cm³/mol. The third-order valence-electron chi connectivity index (χ3n) is 3.92. The molecule has 0 unspecified atom stereocenters. The van der Waals surface area contributed by atoms with Gasteiger partial charge in [0.1, 0.15) is 0 Å². The molecule has 26 heavy (non-hydrogen) atoms. The summed E-state index contributed by atoms with van der Waals surface area (Å²) in [6.45, 7) is 10.8. The molecule has 0 spiro atoms. The molecule has 0 atom stereocenters. The first kappa shape index (κ1) is 21.3. The van der Waals surface area contributed by atoms with Crippen LogP contribution >= 0.6 is 0 Å². The first-order chi connectivity index (χ1) is 12.6. The van der Waals surface area contributed by atoms with Gasteiger partial charge in [0, 0.05) is 51.0 Å². The Labute approximate surface area is 155 Å². The van der Waals surface area contributed by atoms with E-state index in [4.69, 9.17) is 0 Å². The van der Waals surface area contributed by atoms with Crippen LogP contribution in [0.25, 0.3) is 0 Å². The monoisotopic (exact) mass is 356 g/mol. The summed E-state index contributed by atoms with van der Waals surface area (Å²) in [5, 5.41) is 0. The first-order valence-electron chi connectivity index (χ1n) is 8.97. The zero-order valence-electron chi connectivity index (χ0n) is 16.1. The molecule has 0 N–H and O–H groups in total. The van der Waals surface area contributed by atoms with Crippen LogP contribution < -0.4 is 0 Å². The van der Waals surface area contributed by atoms with E-state index in [1.54, 1.807) is 58.9 Å². The summed E-state index contributed by atoms with van der Waals surface area (Å²) in [5.74, 6) is 0.108. The summed E-state index contributed by atoms with van der Waals surface area (Å²) in [6, 6.07) is 7.12.